The summed E-state index contributed by atoms with van der Waals surface area (Å²) in [5.41, 5.74) is 0. The first-order chi connectivity index (χ1) is 6.31. The van der Waals surface area contributed by atoms with Crippen LogP contribution < -0.4 is 0 Å². The van der Waals surface area contributed by atoms with Gasteiger partial charge in [-0.3, -0.25) is 0 Å². The lowest BCUT2D eigenvalue weighted by Gasteiger charge is -2.40. The lowest BCUT2D eigenvalue weighted by molar-refractivity contribution is 0.343. The van der Waals surface area contributed by atoms with Crippen molar-refractivity contribution in [1.29, 1.82) is 0 Å². The molecule has 0 aromatic heterocycles. The van der Waals surface area contributed by atoms with Gasteiger partial charge in [-0.25, -0.2) is 13.2 Å². The fraction of sp³-hybridized carbons (Fsp3) is 0. The van der Waals surface area contributed by atoms with Crippen molar-refractivity contribution < 1.29 is 32.6 Å². The highest BCUT2D eigenvalue weighted by atomic mass is 32.5. The van der Waals surface area contributed by atoms with Crippen LogP contribution in [0.25, 0.3) is 0 Å². The first-order valence-corrected chi connectivity index (χ1v) is 5.15. The molecule has 88 valence electrons. The molecule has 0 radical (unpaired) electrons. The van der Waals surface area contributed by atoms with E-state index in [0.29, 0.717) is 0 Å². The molecule has 0 amide bonds. The molecule has 0 saturated heterocycles. The molecule has 1 aromatic carbocycles. The van der Waals surface area contributed by atoms with Gasteiger partial charge in [0, 0.05) is 12.1 Å². The van der Waals surface area contributed by atoms with E-state index in [-0.39, 0.29) is 0 Å². The summed E-state index contributed by atoms with van der Waals surface area (Å²) in [5.74, 6) is -7.06. The van der Waals surface area contributed by atoms with E-state index in [1.54, 1.807) is 0 Å². The Bertz CT molecular complexity index is 395. The van der Waals surface area contributed by atoms with Crippen molar-refractivity contribution in [2.75, 3.05) is 0 Å². The van der Waals surface area contributed by atoms with Crippen LogP contribution in [-0.4, -0.2) is 0 Å². The summed E-state index contributed by atoms with van der Waals surface area (Å²) in [6, 6.07) is -0.924. The molecule has 15 heavy (non-hydrogen) atoms. The van der Waals surface area contributed by atoms with Crippen molar-refractivity contribution in [3.63, 3.8) is 0 Å². The van der Waals surface area contributed by atoms with Crippen molar-refractivity contribution in [3.05, 3.63) is 29.6 Å². The Morgan fingerprint density at radius 2 is 1.07 bits per heavy atom. The smallest absolute Gasteiger partial charge is 0.207 e. The Balaban J connectivity index is 3.69. The first-order valence-electron chi connectivity index (χ1n) is 3.20. The van der Waals surface area contributed by atoms with Crippen molar-refractivity contribution in [2.24, 2.45) is 0 Å². The van der Waals surface area contributed by atoms with E-state index >= 15 is 0 Å². The number of hydrogen-bond donors (Lipinski definition) is 0. The van der Waals surface area contributed by atoms with Gasteiger partial charge in [0.15, 0.2) is 16.5 Å². The maximum absolute atomic E-state index is 12.4. The maximum Gasteiger partial charge on any atom is 0.315 e. The van der Waals surface area contributed by atoms with Gasteiger partial charge in [0.1, 0.15) is 5.82 Å². The maximum atomic E-state index is 12.4. The first kappa shape index (κ1) is 12.1. The van der Waals surface area contributed by atoms with E-state index in [1.807, 2.05) is 0 Å². The SMILES string of the molecule is Fc1cc(F)c(S(F)(F)(F)(F)F)c(F)c1. The van der Waals surface area contributed by atoms with E-state index < -0.39 is 44.7 Å². The van der Waals surface area contributed by atoms with Gasteiger partial charge in [-0.15, -0.1) is 0 Å². The van der Waals surface area contributed by atoms with Crippen LogP contribution in [0.4, 0.5) is 32.6 Å². The molecule has 1 rings (SSSR count). The van der Waals surface area contributed by atoms with Crippen LogP contribution in [0.15, 0.2) is 17.0 Å². The quantitative estimate of drug-likeness (QED) is 0.637. The fourth-order valence-electron chi connectivity index (χ4n) is 0.897. The molecular formula is C6H2F8S. The van der Waals surface area contributed by atoms with Crippen molar-refractivity contribution in [2.45, 2.75) is 4.90 Å². The van der Waals surface area contributed by atoms with Crippen molar-refractivity contribution >= 4 is 10.2 Å². The number of hydrogen-bond acceptors (Lipinski definition) is 0. The molecule has 0 atom stereocenters. The highest BCUT2D eigenvalue weighted by Crippen LogP contribution is 3.02. The molecule has 0 aliphatic carbocycles. The molecule has 1 aromatic rings. The number of rotatable bonds is 1. The number of benzene rings is 1. The van der Waals surface area contributed by atoms with E-state index in [9.17, 15) is 32.6 Å². The van der Waals surface area contributed by atoms with E-state index in [1.165, 1.54) is 0 Å². The predicted octanol–water partition coefficient (Wildman–Crippen LogP) is 4.76. The molecule has 0 fully saturated rings. The summed E-state index contributed by atoms with van der Waals surface area (Å²) in [6.07, 6.45) is 0. The second kappa shape index (κ2) is 2.39. The Hall–Kier alpha value is -0.990. The topological polar surface area (TPSA) is 0 Å². The van der Waals surface area contributed by atoms with Crippen LogP contribution in [0.2, 0.25) is 0 Å². The number of halogens is 8. The fourth-order valence-corrected chi connectivity index (χ4v) is 1.75. The average Bonchev–Trinajstić information content (AvgIpc) is 1.74. The Kier molecular flexibility index (Phi) is 1.93. The van der Waals surface area contributed by atoms with E-state index in [2.05, 4.69) is 0 Å². The molecular weight excluding hydrogens is 256 g/mol. The molecule has 0 unspecified atom stereocenters. The standard InChI is InChI=1S/C6H2F8S/c7-3-1-4(8)6(5(9)2-3)15(10,11,12,13)14/h1-2H. The van der Waals surface area contributed by atoms with E-state index in [4.69, 9.17) is 0 Å². The second-order valence-corrected chi connectivity index (χ2v) is 5.01. The minimum absolute atomic E-state index is 0.462. The molecule has 0 aliphatic rings. The zero-order valence-corrected chi connectivity index (χ0v) is 7.40. The molecule has 0 nitrogen and oxygen atoms in total. The van der Waals surface area contributed by atoms with Gasteiger partial charge < -0.3 is 0 Å². The van der Waals surface area contributed by atoms with Crippen molar-refractivity contribution in [1.82, 2.24) is 0 Å². The third-order valence-corrected chi connectivity index (χ3v) is 2.51. The van der Waals surface area contributed by atoms with E-state index in [0.717, 1.165) is 0 Å². The van der Waals surface area contributed by atoms with Crippen LogP contribution in [0.3, 0.4) is 0 Å². The molecule has 9 heteroatoms. The lowest BCUT2D eigenvalue weighted by Crippen LogP contribution is -2.11. The summed E-state index contributed by atoms with van der Waals surface area (Å²) in [6.45, 7) is 0. The summed E-state index contributed by atoms with van der Waals surface area (Å²) < 4.78 is 97.1. The van der Waals surface area contributed by atoms with Crippen LogP contribution in [0.1, 0.15) is 0 Å². The molecule has 0 N–H and O–H groups in total. The normalized spacial score (nSPS) is 17.1. The Morgan fingerprint density at radius 3 is 1.33 bits per heavy atom. The minimum atomic E-state index is -10.5. The van der Waals surface area contributed by atoms with Gasteiger partial charge in [-0.05, 0) is 0 Å². The lowest BCUT2D eigenvalue weighted by atomic mass is 10.3. The van der Waals surface area contributed by atoms with Crippen LogP contribution in [0.5, 0.6) is 0 Å². The van der Waals surface area contributed by atoms with Crippen molar-refractivity contribution in [3.8, 4) is 0 Å². The minimum Gasteiger partial charge on any atom is -0.207 e. The summed E-state index contributed by atoms with van der Waals surface area (Å²) >= 11 is 0. The molecule has 0 bridgehead atoms. The summed E-state index contributed by atoms with van der Waals surface area (Å²) in [4.78, 5) is -3.32. The third kappa shape index (κ3) is 2.52. The monoisotopic (exact) mass is 258 g/mol. The van der Waals surface area contributed by atoms with Gasteiger partial charge in [-0.2, -0.15) is 0 Å². The molecule has 0 spiro atoms. The zero-order valence-electron chi connectivity index (χ0n) is 6.59. The highest BCUT2D eigenvalue weighted by Gasteiger charge is 2.68. The van der Waals surface area contributed by atoms with Gasteiger partial charge in [0.05, 0.1) is 0 Å². The summed E-state index contributed by atoms with van der Waals surface area (Å²) in [5, 5.41) is 0. The van der Waals surface area contributed by atoms with Crippen LogP contribution in [0, 0.1) is 17.5 Å². The third-order valence-electron chi connectivity index (χ3n) is 1.35. The second-order valence-electron chi connectivity index (χ2n) is 2.67. The van der Waals surface area contributed by atoms with Gasteiger partial charge in [0.25, 0.3) is 0 Å². The van der Waals surface area contributed by atoms with Gasteiger partial charge in [0.2, 0.25) is 0 Å². The summed E-state index contributed by atoms with van der Waals surface area (Å²) in [7, 11) is -10.5. The van der Waals surface area contributed by atoms with Gasteiger partial charge in [-0.1, -0.05) is 19.4 Å². The zero-order chi connectivity index (χ0) is 12.1. The van der Waals surface area contributed by atoms with Crippen LogP contribution >= 0.6 is 10.2 Å². The molecule has 0 saturated carbocycles. The highest BCUT2D eigenvalue weighted by molar-refractivity contribution is 8.45. The Morgan fingerprint density at radius 1 is 0.733 bits per heavy atom. The van der Waals surface area contributed by atoms with Gasteiger partial charge >= 0.3 is 10.2 Å². The molecule has 0 aliphatic heterocycles. The Labute approximate surface area is 78.2 Å². The molecule has 0 heterocycles. The average molecular weight is 258 g/mol. The largest absolute Gasteiger partial charge is 0.315 e. The predicted molar refractivity (Wildman–Crippen MR) is 37.7 cm³/mol. The van der Waals surface area contributed by atoms with Crippen LogP contribution in [-0.2, 0) is 0 Å².